The highest BCUT2D eigenvalue weighted by Gasteiger charge is 2.50. The van der Waals surface area contributed by atoms with Gasteiger partial charge in [0.05, 0.1) is 6.04 Å². The van der Waals surface area contributed by atoms with E-state index >= 15 is 0 Å². The van der Waals surface area contributed by atoms with Crippen LogP contribution in [0.4, 0.5) is 13.6 Å². The Morgan fingerprint density at radius 1 is 1.24 bits per heavy atom. The second-order valence-corrected chi connectivity index (χ2v) is 6.37. The van der Waals surface area contributed by atoms with E-state index < -0.39 is 48.2 Å². The third-order valence-electron chi connectivity index (χ3n) is 2.98. The molecule has 0 aromatic rings. The Kier molecular flexibility index (Phi) is 8.82. The fourth-order valence-electron chi connectivity index (χ4n) is 1.81. The van der Waals surface area contributed by atoms with Gasteiger partial charge >= 0.3 is 26.0 Å². The summed E-state index contributed by atoms with van der Waals surface area (Å²) in [6.45, 7) is 5.66. The van der Waals surface area contributed by atoms with Crippen molar-refractivity contribution in [3.8, 4) is 0 Å². The van der Waals surface area contributed by atoms with E-state index in [2.05, 4.69) is 9.97 Å². The number of rotatable bonds is 8. The summed E-state index contributed by atoms with van der Waals surface area (Å²) >= 11 is 0. The largest absolute Gasteiger partial charge is 0.542 e. The average molecular weight is 366 g/mol. The van der Waals surface area contributed by atoms with Gasteiger partial charge in [0.15, 0.2) is 0 Å². The zero-order chi connectivity index (χ0) is 19.8. The average Bonchev–Trinajstić information content (AvgIpc) is 2.48. The number of hydrogen-bond acceptors (Lipinski definition) is 6. The molecule has 0 rings (SSSR count). The Hall–Kier alpha value is -1.91. The van der Waals surface area contributed by atoms with E-state index in [4.69, 9.17) is 4.74 Å². The molecule has 0 bridgehead atoms. The lowest BCUT2D eigenvalue weighted by atomic mass is 9.99. The van der Waals surface area contributed by atoms with Gasteiger partial charge < -0.3 is 25.1 Å². The Balaban J connectivity index is 5.03. The summed E-state index contributed by atoms with van der Waals surface area (Å²) in [5.41, 5.74) is -0.855. The van der Waals surface area contributed by atoms with Gasteiger partial charge in [-0.3, -0.25) is 9.59 Å². The van der Waals surface area contributed by atoms with Gasteiger partial charge in [0.25, 0.3) is 5.91 Å². The van der Waals surface area contributed by atoms with E-state index in [0.29, 0.717) is 6.42 Å². The number of halogens is 2. The van der Waals surface area contributed by atoms with E-state index in [9.17, 15) is 28.3 Å². The van der Waals surface area contributed by atoms with Gasteiger partial charge in [0.2, 0.25) is 0 Å². The first-order valence-electron chi connectivity index (χ1n) is 7.75. The molecule has 0 aliphatic rings. The predicted octanol–water partition coefficient (Wildman–Crippen LogP) is -0.117. The van der Waals surface area contributed by atoms with Crippen molar-refractivity contribution in [2.45, 2.75) is 64.2 Å². The van der Waals surface area contributed by atoms with Gasteiger partial charge in [-0.2, -0.15) is 8.78 Å². The lowest BCUT2D eigenvalue weighted by Crippen LogP contribution is -2.58. The van der Waals surface area contributed by atoms with Crippen LogP contribution in [0, 0.1) is 0 Å². The molecule has 0 aliphatic carbocycles. The quantitative estimate of drug-likeness (QED) is 0.517. The van der Waals surface area contributed by atoms with Crippen molar-refractivity contribution >= 4 is 26.0 Å². The monoisotopic (exact) mass is 366 g/mol. The normalized spacial score (nSPS) is 14.2. The molecule has 0 saturated heterocycles. The second kappa shape index (κ2) is 9.55. The number of amides is 2. The molecule has 144 valence electrons. The molecule has 0 radical (unpaired) electrons. The molecule has 0 spiro atoms. The molecular weight excluding hydrogens is 341 g/mol. The highest BCUT2D eigenvalue weighted by atomic mass is 19.3. The molecule has 0 saturated carbocycles. The van der Waals surface area contributed by atoms with E-state index in [-0.39, 0.29) is 6.42 Å². The molecule has 2 atom stereocenters. The molecule has 25 heavy (non-hydrogen) atoms. The number of alkyl halides is 2. The summed E-state index contributed by atoms with van der Waals surface area (Å²) in [6.07, 6.45) is -3.15. The summed E-state index contributed by atoms with van der Waals surface area (Å²) in [5, 5.41) is 13.7. The molecule has 1 unspecified atom stereocenters. The van der Waals surface area contributed by atoms with Crippen LogP contribution in [-0.2, 0) is 19.0 Å². The van der Waals surface area contributed by atoms with Gasteiger partial charge in [-0.15, -0.1) is 0 Å². The van der Waals surface area contributed by atoms with Crippen molar-refractivity contribution in [3.05, 3.63) is 0 Å². The van der Waals surface area contributed by atoms with Crippen LogP contribution in [-0.4, -0.2) is 61.3 Å². The molecule has 8 nitrogen and oxygen atoms in total. The number of alkyl carbamates (subject to hydrolysis) is 1. The van der Waals surface area contributed by atoms with Crippen molar-refractivity contribution in [1.82, 2.24) is 10.6 Å². The van der Waals surface area contributed by atoms with Gasteiger partial charge in [0, 0.05) is 0 Å². The first-order valence-corrected chi connectivity index (χ1v) is 7.75. The number of ether oxygens (including phenoxy) is 1. The Bertz CT molecular complexity index is 484. The van der Waals surface area contributed by atoms with Crippen LogP contribution >= 0.6 is 0 Å². The van der Waals surface area contributed by atoms with E-state index in [0.717, 1.165) is 8.05 Å². The maximum Gasteiger partial charge on any atom is 0.407 e. The van der Waals surface area contributed by atoms with Crippen LogP contribution in [0.5, 0.6) is 0 Å². The number of carbonyl (C=O) groups is 3. The van der Waals surface area contributed by atoms with E-state index in [1.165, 1.54) is 0 Å². The van der Waals surface area contributed by atoms with E-state index in [1.807, 2.05) is 0 Å². The summed E-state index contributed by atoms with van der Waals surface area (Å²) in [5.74, 6) is -7.00. The minimum Gasteiger partial charge on any atom is -0.542 e. The third-order valence-corrected chi connectivity index (χ3v) is 2.98. The zero-order valence-corrected chi connectivity index (χ0v) is 15.0. The molecule has 0 fully saturated rings. The van der Waals surface area contributed by atoms with Crippen LogP contribution in [0.1, 0.15) is 40.5 Å². The maximum absolute atomic E-state index is 14.1. The van der Waals surface area contributed by atoms with Crippen LogP contribution < -0.4 is 10.6 Å². The highest BCUT2D eigenvalue weighted by molar-refractivity contribution is 6.06. The highest BCUT2D eigenvalue weighted by Crippen LogP contribution is 2.24. The summed E-state index contributed by atoms with van der Waals surface area (Å²) in [6, 6.07) is -1.42. The number of nitrogens with one attached hydrogen (secondary N) is 2. The van der Waals surface area contributed by atoms with Crippen molar-refractivity contribution < 1.29 is 37.7 Å². The van der Waals surface area contributed by atoms with Crippen molar-refractivity contribution in [1.29, 1.82) is 0 Å². The summed E-state index contributed by atoms with van der Waals surface area (Å²) in [7, 11) is 1.03. The number of aliphatic hydroxyl groups is 1. The fraction of sp³-hybridized carbons (Fsp3) is 0.786. The Morgan fingerprint density at radius 2 is 1.80 bits per heavy atom. The molecule has 0 heterocycles. The molecular formula is C14H25BF2N2O6. The van der Waals surface area contributed by atoms with Gasteiger partial charge in [-0.1, -0.05) is 13.3 Å². The van der Waals surface area contributed by atoms with Gasteiger partial charge in [0.1, 0.15) is 18.2 Å². The Labute approximate surface area is 146 Å². The molecule has 0 aromatic heterocycles. The number of carbonyl (C=O) groups excluding carboxylic acids is 3. The van der Waals surface area contributed by atoms with Crippen LogP contribution in [0.15, 0.2) is 0 Å². The molecule has 3 N–H and O–H groups in total. The van der Waals surface area contributed by atoms with Crippen LogP contribution in [0.3, 0.4) is 0 Å². The second-order valence-electron chi connectivity index (χ2n) is 6.37. The lowest BCUT2D eigenvalue weighted by molar-refractivity contribution is -0.167. The van der Waals surface area contributed by atoms with Crippen molar-refractivity contribution in [2.24, 2.45) is 0 Å². The minimum absolute atomic E-state index is 0.0136. The number of aliphatic hydroxyl groups excluding tert-OH is 1. The summed E-state index contributed by atoms with van der Waals surface area (Å²) < 4.78 is 37.4. The standard InChI is InChI=1S/C14H25BF2N2O6/c1-5-6-8(19-12(23)24-13(2,3)4)10(21)14(16,17)11(22)18-7-9(20)25-15/h8,10,21H,5-7,15H2,1-4H3,(H,18,22)(H,19,23)/t8-,10?/m0/s1. The first kappa shape index (κ1) is 23.1. The molecule has 11 heteroatoms. The predicted molar refractivity (Wildman–Crippen MR) is 86.7 cm³/mol. The SMILES string of the molecule is BOC(=O)CNC(=O)C(F)(F)C(O)[C@H](CCC)NC(=O)OC(C)(C)C. The van der Waals surface area contributed by atoms with Gasteiger partial charge in [-0.05, 0) is 27.2 Å². The first-order chi connectivity index (χ1) is 11.3. The molecule has 2 amide bonds. The lowest BCUT2D eigenvalue weighted by Gasteiger charge is -2.30. The molecule has 0 aromatic carbocycles. The third kappa shape index (κ3) is 8.15. The maximum atomic E-state index is 14.1. The van der Waals surface area contributed by atoms with Crippen molar-refractivity contribution in [2.75, 3.05) is 6.54 Å². The van der Waals surface area contributed by atoms with Crippen molar-refractivity contribution in [3.63, 3.8) is 0 Å². The van der Waals surface area contributed by atoms with E-state index in [1.54, 1.807) is 33.0 Å². The van der Waals surface area contributed by atoms with Crippen LogP contribution in [0.2, 0.25) is 0 Å². The Morgan fingerprint density at radius 3 is 2.24 bits per heavy atom. The number of hydrogen-bond donors (Lipinski definition) is 3. The fourth-order valence-corrected chi connectivity index (χ4v) is 1.81. The van der Waals surface area contributed by atoms with Crippen LogP contribution in [0.25, 0.3) is 0 Å². The minimum atomic E-state index is -4.23. The topological polar surface area (TPSA) is 114 Å². The van der Waals surface area contributed by atoms with Gasteiger partial charge in [-0.25, -0.2) is 4.79 Å². The molecule has 0 aliphatic heterocycles. The smallest absolute Gasteiger partial charge is 0.407 e. The summed E-state index contributed by atoms with van der Waals surface area (Å²) in [4.78, 5) is 34.2. The zero-order valence-electron chi connectivity index (χ0n) is 15.0.